The molecule has 0 aromatic carbocycles. The second kappa shape index (κ2) is 6.65. The predicted molar refractivity (Wildman–Crippen MR) is 95.7 cm³/mol. The normalized spacial score (nSPS) is 23.9. The van der Waals surface area contributed by atoms with Gasteiger partial charge in [0, 0.05) is 44.9 Å². The molecule has 8 nitrogen and oxygen atoms in total. The Morgan fingerprint density at radius 2 is 2.00 bits per heavy atom. The van der Waals surface area contributed by atoms with E-state index in [-0.39, 0.29) is 24.2 Å². The van der Waals surface area contributed by atoms with Gasteiger partial charge in [-0.3, -0.25) is 19.5 Å². The third-order valence-electron chi connectivity index (χ3n) is 6.17. The number of fused-ring (bicyclic) bond motifs is 1. The summed E-state index contributed by atoms with van der Waals surface area (Å²) in [6.45, 7) is 0.907. The number of aromatic nitrogens is 2. The van der Waals surface area contributed by atoms with Gasteiger partial charge >= 0.3 is 5.97 Å². The number of carbonyl (C=O) groups is 3. The summed E-state index contributed by atoms with van der Waals surface area (Å²) in [6, 6.07) is 0. The first kappa shape index (κ1) is 18.0. The van der Waals surface area contributed by atoms with Gasteiger partial charge in [-0.1, -0.05) is 6.42 Å². The van der Waals surface area contributed by atoms with Crippen molar-refractivity contribution in [3.63, 3.8) is 0 Å². The summed E-state index contributed by atoms with van der Waals surface area (Å²) < 4.78 is 5.70. The van der Waals surface area contributed by atoms with Gasteiger partial charge in [-0.2, -0.15) is 5.10 Å². The summed E-state index contributed by atoms with van der Waals surface area (Å²) in [7, 11) is 3.37. The van der Waals surface area contributed by atoms with Gasteiger partial charge in [-0.25, -0.2) is 0 Å². The van der Waals surface area contributed by atoms with Crippen LogP contribution in [-0.4, -0.2) is 64.0 Å². The molecule has 27 heavy (non-hydrogen) atoms. The van der Waals surface area contributed by atoms with Crippen LogP contribution in [0.15, 0.2) is 0 Å². The minimum atomic E-state index is -0.620. The SMILES string of the molecule is CN(C)C(=O)c1n[nH]c2c1CN(C(=O)[C@@H]1CC(=O)OC13CCCCC3)CC2. The van der Waals surface area contributed by atoms with E-state index in [0.717, 1.165) is 43.4 Å². The average Bonchev–Trinajstić information content (AvgIpc) is 3.21. The van der Waals surface area contributed by atoms with E-state index in [1.165, 1.54) is 4.90 Å². The Morgan fingerprint density at radius 1 is 1.26 bits per heavy atom. The summed E-state index contributed by atoms with van der Waals surface area (Å²) in [5.74, 6) is -0.880. The highest BCUT2D eigenvalue weighted by atomic mass is 16.6. The molecule has 0 unspecified atom stereocenters. The van der Waals surface area contributed by atoms with Gasteiger partial charge in [-0.05, 0) is 25.7 Å². The van der Waals surface area contributed by atoms with Gasteiger partial charge in [-0.15, -0.1) is 0 Å². The average molecular weight is 374 g/mol. The molecule has 2 aliphatic heterocycles. The predicted octanol–water partition coefficient (Wildman–Crippen LogP) is 1.26. The lowest BCUT2D eigenvalue weighted by atomic mass is 9.75. The van der Waals surface area contributed by atoms with Crippen molar-refractivity contribution in [2.45, 2.75) is 57.1 Å². The lowest BCUT2D eigenvalue weighted by Crippen LogP contribution is -2.48. The molecule has 1 N–H and O–H groups in total. The molecule has 3 aliphatic rings. The number of aromatic amines is 1. The molecule has 3 heterocycles. The summed E-state index contributed by atoms with van der Waals surface area (Å²) >= 11 is 0. The van der Waals surface area contributed by atoms with Crippen LogP contribution in [0.25, 0.3) is 0 Å². The zero-order chi connectivity index (χ0) is 19.2. The molecule has 1 aromatic heterocycles. The van der Waals surface area contributed by atoms with Crippen molar-refractivity contribution in [2.24, 2.45) is 5.92 Å². The third kappa shape index (κ3) is 3.00. The van der Waals surface area contributed by atoms with Gasteiger partial charge in [0.05, 0.1) is 12.3 Å². The Bertz CT molecular complexity index is 779. The number of esters is 1. The first-order chi connectivity index (χ1) is 12.9. The number of nitrogens with one attached hydrogen (secondary N) is 1. The maximum Gasteiger partial charge on any atom is 0.307 e. The molecule has 1 saturated carbocycles. The van der Waals surface area contributed by atoms with Crippen molar-refractivity contribution in [3.8, 4) is 0 Å². The van der Waals surface area contributed by atoms with Gasteiger partial charge in [0.15, 0.2) is 5.69 Å². The smallest absolute Gasteiger partial charge is 0.307 e. The quantitative estimate of drug-likeness (QED) is 0.787. The van der Waals surface area contributed by atoms with Crippen molar-refractivity contribution in [1.82, 2.24) is 20.0 Å². The molecule has 1 spiro atoms. The fourth-order valence-electron chi connectivity index (χ4n) is 4.70. The summed E-state index contributed by atoms with van der Waals surface area (Å²) in [5.41, 5.74) is 1.45. The first-order valence-electron chi connectivity index (χ1n) is 9.70. The zero-order valence-electron chi connectivity index (χ0n) is 15.9. The molecule has 1 aromatic rings. The fourth-order valence-corrected chi connectivity index (χ4v) is 4.70. The van der Waals surface area contributed by atoms with E-state index in [0.29, 0.717) is 25.2 Å². The molecule has 0 bridgehead atoms. The van der Waals surface area contributed by atoms with Crippen molar-refractivity contribution in [3.05, 3.63) is 17.0 Å². The van der Waals surface area contributed by atoms with E-state index in [1.807, 2.05) is 0 Å². The van der Waals surface area contributed by atoms with Crippen LogP contribution in [-0.2, 0) is 27.3 Å². The highest BCUT2D eigenvalue weighted by Gasteiger charge is 2.54. The number of amides is 2. The van der Waals surface area contributed by atoms with E-state index < -0.39 is 11.5 Å². The van der Waals surface area contributed by atoms with E-state index in [2.05, 4.69) is 10.2 Å². The molecule has 1 aliphatic carbocycles. The second-order valence-corrected chi connectivity index (χ2v) is 8.09. The molecule has 2 amide bonds. The monoisotopic (exact) mass is 374 g/mol. The number of rotatable bonds is 2. The summed E-state index contributed by atoms with van der Waals surface area (Å²) in [6.07, 6.45) is 5.43. The second-order valence-electron chi connectivity index (χ2n) is 8.09. The standard InChI is InChI=1S/C19H26N4O4/c1-22(2)18(26)16-12-11-23(9-6-14(12)20-21-16)17(25)13-10-15(24)27-19(13)7-4-3-5-8-19/h13H,3-11H2,1-2H3,(H,20,21)/t13-/m0/s1. The molecule has 0 radical (unpaired) electrons. The van der Waals surface area contributed by atoms with Gasteiger partial charge < -0.3 is 14.5 Å². The van der Waals surface area contributed by atoms with Crippen LogP contribution in [0, 0.1) is 5.92 Å². The first-order valence-corrected chi connectivity index (χ1v) is 9.70. The molecule has 146 valence electrons. The number of hydrogen-bond acceptors (Lipinski definition) is 5. The van der Waals surface area contributed by atoms with Crippen LogP contribution in [0.4, 0.5) is 0 Å². The van der Waals surface area contributed by atoms with Crippen molar-refractivity contribution in [1.29, 1.82) is 0 Å². The largest absolute Gasteiger partial charge is 0.458 e. The Hall–Kier alpha value is -2.38. The van der Waals surface area contributed by atoms with E-state index in [9.17, 15) is 14.4 Å². The topological polar surface area (TPSA) is 95.6 Å². The Labute approximate surface area is 158 Å². The molecule has 1 saturated heterocycles. The highest BCUT2D eigenvalue weighted by molar-refractivity contribution is 5.94. The zero-order valence-corrected chi connectivity index (χ0v) is 15.9. The van der Waals surface area contributed by atoms with E-state index >= 15 is 0 Å². The van der Waals surface area contributed by atoms with Crippen LogP contribution in [0.2, 0.25) is 0 Å². The van der Waals surface area contributed by atoms with Gasteiger partial charge in [0.25, 0.3) is 5.91 Å². The Morgan fingerprint density at radius 3 is 2.70 bits per heavy atom. The van der Waals surface area contributed by atoms with Gasteiger partial charge in [0.2, 0.25) is 5.91 Å². The molecular weight excluding hydrogens is 348 g/mol. The van der Waals surface area contributed by atoms with Crippen molar-refractivity contribution in [2.75, 3.05) is 20.6 Å². The number of carbonyl (C=O) groups excluding carboxylic acids is 3. The lowest BCUT2D eigenvalue weighted by Gasteiger charge is -2.38. The minimum Gasteiger partial charge on any atom is -0.458 e. The lowest BCUT2D eigenvalue weighted by molar-refractivity contribution is -0.156. The van der Waals surface area contributed by atoms with Crippen LogP contribution in [0.5, 0.6) is 0 Å². The molecule has 4 rings (SSSR count). The van der Waals surface area contributed by atoms with Crippen molar-refractivity contribution >= 4 is 17.8 Å². The maximum absolute atomic E-state index is 13.3. The number of ether oxygens (including phenoxy) is 1. The Balaban J connectivity index is 1.56. The van der Waals surface area contributed by atoms with E-state index in [1.54, 1.807) is 19.0 Å². The molecule has 2 fully saturated rings. The van der Waals surface area contributed by atoms with Crippen LogP contribution in [0.1, 0.15) is 60.3 Å². The molecule has 8 heteroatoms. The van der Waals surface area contributed by atoms with E-state index in [4.69, 9.17) is 4.74 Å². The summed E-state index contributed by atoms with van der Waals surface area (Å²) in [4.78, 5) is 41.0. The Kier molecular flexibility index (Phi) is 4.44. The minimum absolute atomic E-state index is 0.0298. The maximum atomic E-state index is 13.3. The number of nitrogens with zero attached hydrogens (tertiary/aromatic N) is 3. The number of H-pyrrole nitrogens is 1. The molecule has 1 atom stereocenters. The van der Waals surface area contributed by atoms with Crippen LogP contribution in [0.3, 0.4) is 0 Å². The third-order valence-corrected chi connectivity index (χ3v) is 6.17. The van der Waals surface area contributed by atoms with Crippen molar-refractivity contribution < 1.29 is 19.1 Å². The summed E-state index contributed by atoms with van der Waals surface area (Å²) in [5, 5.41) is 7.11. The fraction of sp³-hybridized carbons (Fsp3) is 0.684. The van der Waals surface area contributed by atoms with Crippen LogP contribution >= 0.6 is 0 Å². The molecular formula is C19H26N4O4. The highest BCUT2D eigenvalue weighted by Crippen LogP contribution is 2.45. The van der Waals surface area contributed by atoms with Crippen LogP contribution < -0.4 is 0 Å². The number of hydrogen-bond donors (Lipinski definition) is 1. The van der Waals surface area contributed by atoms with Gasteiger partial charge in [0.1, 0.15) is 5.60 Å².